The van der Waals surface area contributed by atoms with Gasteiger partial charge in [0.05, 0.1) is 0 Å². The van der Waals surface area contributed by atoms with E-state index < -0.39 is 0 Å². The molecular weight excluding hydrogens is 136 g/mol. The van der Waals surface area contributed by atoms with Crippen LogP contribution in [0.15, 0.2) is 24.3 Å². The molecule has 0 aromatic carbocycles. The Hall–Kier alpha value is -0.850. The summed E-state index contributed by atoms with van der Waals surface area (Å²) < 4.78 is 0. The van der Waals surface area contributed by atoms with Gasteiger partial charge in [0, 0.05) is 0 Å². The molecule has 11 heavy (non-hydrogen) atoms. The van der Waals surface area contributed by atoms with Gasteiger partial charge in [0.25, 0.3) is 0 Å². The first-order valence-corrected chi connectivity index (χ1v) is 4.09. The molecule has 0 atom stereocenters. The summed E-state index contributed by atoms with van der Waals surface area (Å²) in [4.78, 5) is 10.4. The van der Waals surface area contributed by atoms with Gasteiger partial charge in [-0.1, -0.05) is 31.6 Å². The number of carbonyl (C=O) groups is 1. The first kappa shape index (κ1) is 10.2. The molecule has 0 fully saturated rings. The summed E-state index contributed by atoms with van der Waals surface area (Å²) in [6.07, 6.45) is 10.9. The van der Waals surface area contributed by atoms with Gasteiger partial charge in [-0.3, -0.25) is 4.79 Å². The van der Waals surface area contributed by atoms with E-state index in [2.05, 4.69) is 19.1 Å². The van der Waals surface area contributed by atoms with E-state index in [-0.39, 0.29) is 5.78 Å². The Morgan fingerprint density at radius 3 is 2.55 bits per heavy atom. The molecule has 1 nitrogen and oxygen atoms in total. The zero-order chi connectivity index (χ0) is 8.53. The van der Waals surface area contributed by atoms with Crippen molar-refractivity contribution in [2.45, 2.75) is 33.1 Å². The van der Waals surface area contributed by atoms with Gasteiger partial charge in [-0.25, -0.2) is 0 Å². The fourth-order valence-corrected chi connectivity index (χ4v) is 0.693. The highest BCUT2D eigenvalue weighted by atomic mass is 16.1. The Balaban J connectivity index is 3.33. The van der Waals surface area contributed by atoms with Crippen LogP contribution in [0.25, 0.3) is 0 Å². The first-order valence-electron chi connectivity index (χ1n) is 4.09. The molecule has 62 valence electrons. The van der Waals surface area contributed by atoms with E-state index in [1.165, 1.54) is 6.42 Å². The third-order valence-corrected chi connectivity index (χ3v) is 1.25. The molecule has 0 saturated heterocycles. The predicted molar refractivity (Wildman–Crippen MR) is 48.5 cm³/mol. The van der Waals surface area contributed by atoms with Crippen molar-refractivity contribution in [3.05, 3.63) is 24.3 Å². The van der Waals surface area contributed by atoms with E-state index in [1.54, 1.807) is 13.0 Å². The molecule has 1 heteroatoms. The minimum absolute atomic E-state index is 0.119. The minimum Gasteiger partial charge on any atom is -0.295 e. The smallest absolute Gasteiger partial charge is 0.152 e. The monoisotopic (exact) mass is 152 g/mol. The van der Waals surface area contributed by atoms with Crippen molar-refractivity contribution in [3.8, 4) is 0 Å². The van der Waals surface area contributed by atoms with Crippen molar-refractivity contribution in [1.82, 2.24) is 0 Å². The van der Waals surface area contributed by atoms with Crippen molar-refractivity contribution in [3.63, 3.8) is 0 Å². The third-order valence-electron chi connectivity index (χ3n) is 1.25. The summed E-state index contributed by atoms with van der Waals surface area (Å²) in [6.45, 7) is 3.71. The maximum atomic E-state index is 10.4. The Kier molecular flexibility index (Phi) is 6.70. The van der Waals surface area contributed by atoms with E-state index in [0.29, 0.717) is 0 Å². The zero-order valence-corrected chi connectivity index (χ0v) is 7.34. The lowest BCUT2D eigenvalue weighted by Crippen LogP contribution is -1.78. The van der Waals surface area contributed by atoms with Crippen molar-refractivity contribution in [2.24, 2.45) is 0 Å². The van der Waals surface area contributed by atoms with Crippen LogP contribution in [-0.2, 0) is 4.79 Å². The average molecular weight is 152 g/mol. The maximum absolute atomic E-state index is 10.4. The van der Waals surface area contributed by atoms with E-state index in [1.807, 2.05) is 6.08 Å². The van der Waals surface area contributed by atoms with Gasteiger partial charge in [-0.2, -0.15) is 0 Å². The highest BCUT2D eigenvalue weighted by molar-refractivity contribution is 5.87. The van der Waals surface area contributed by atoms with Gasteiger partial charge in [0.1, 0.15) is 0 Å². The number of ketones is 1. The molecule has 0 spiro atoms. The van der Waals surface area contributed by atoms with Crippen LogP contribution in [-0.4, -0.2) is 5.78 Å². The Morgan fingerprint density at radius 2 is 2.00 bits per heavy atom. The van der Waals surface area contributed by atoms with E-state index in [0.717, 1.165) is 12.8 Å². The summed E-state index contributed by atoms with van der Waals surface area (Å²) in [5, 5.41) is 0. The summed E-state index contributed by atoms with van der Waals surface area (Å²) in [6, 6.07) is 0. The van der Waals surface area contributed by atoms with E-state index >= 15 is 0 Å². The topological polar surface area (TPSA) is 17.1 Å². The van der Waals surface area contributed by atoms with Gasteiger partial charge in [0.15, 0.2) is 5.78 Å². The molecule has 0 heterocycles. The van der Waals surface area contributed by atoms with Crippen LogP contribution in [0.1, 0.15) is 33.1 Å². The molecule has 0 rings (SSSR count). The largest absolute Gasteiger partial charge is 0.295 e. The van der Waals surface area contributed by atoms with Crippen LogP contribution < -0.4 is 0 Å². The van der Waals surface area contributed by atoms with Crippen molar-refractivity contribution >= 4 is 5.78 Å². The molecule has 0 aliphatic rings. The maximum Gasteiger partial charge on any atom is 0.152 e. The number of hydrogen-bond acceptors (Lipinski definition) is 1. The molecule has 0 aliphatic carbocycles. The molecule has 0 radical (unpaired) electrons. The predicted octanol–water partition coefficient (Wildman–Crippen LogP) is 2.88. The van der Waals surface area contributed by atoms with Crippen LogP contribution in [0.2, 0.25) is 0 Å². The molecular formula is C10H16O. The molecule has 0 amide bonds. The van der Waals surface area contributed by atoms with Crippen LogP contribution in [0, 0.1) is 0 Å². The number of allylic oxidation sites excluding steroid dienone is 4. The van der Waals surface area contributed by atoms with Crippen molar-refractivity contribution in [2.75, 3.05) is 0 Å². The summed E-state index contributed by atoms with van der Waals surface area (Å²) in [7, 11) is 0. The number of carbonyl (C=O) groups excluding carboxylic acids is 1. The molecule has 0 aliphatic heterocycles. The van der Waals surface area contributed by atoms with Crippen molar-refractivity contribution in [1.29, 1.82) is 0 Å². The van der Waals surface area contributed by atoms with Crippen molar-refractivity contribution < 1.29 is 4.79 Å². The van der Waals surface area contributed by atoms with Crippen LogP contribution in [0.4, 0.5) is 0 Å². The Labute approximate surface area is 68.8 Å². The van der Waals surface area contributed by atoms with Gasteiger partial charge in [-0.05, 0) is 25.8 Å². The van der Waals surface area contributed by atoms with Gasteiger partial charge in [-0.15, -0.1) is 0 Å². The van der Waals surface area contributed by atoms with Crippen LogP contribution in [0.3, 0.4) is 0 Å². The quantitative estimate of drug-likeness (QED) is 0.437. The fourth-order valence-electron chi connectivity index (χ4n) is 0.693. The van der Waals surface area contributed by atoms with Crippen LogP contribution >= 0.6 is 0 Å². The first-order chi connectivity index (χ1) is 5.27. The summed E-state index contributed by atoms with van der Waals surface area (Å²) >= 11 is 0. The molecule has 0 aromatic rings. The molecule has 0 bridgehead atoms. The third kappa shape index (κ3) is 9.15. The zero-order valence-electron chi connectivity index (χ0n) is 7.34. The standard InChI is InChI=1S/C10H16O/c1-3-4-5-6-7-8-9-10(2)11/h5-6,8-9H,3-4,7H2,1-2H3. The van der Waals surface area contributed by atoms with Gasteiger partial charge < -0.3 is 0 Å². The molecule has 0 unspecified atom stereocenters. The summed E-state index contributed by atoms with van der Waals surface area (Å²) in [5.74, 6) is 0.119. The van der Waals surface area contributed by atoms with Gasteiger partial charge >= 0.3 is 0 Å². The lowest BCUT2D eigenvalue weighted by Gasteiger charge is -1.83. The number of hydrogen-bond donors (Lipinski definition) is 0. The average Bonchev–Trinajstić information content (AvgIpc) is 1.96. The van der Waals surface area contributed by atoms with E-state index in [9.17, 15) is 4.79 Å². The lowest BCUT2D eigenvalue weighted by atomic mass is 10.2. The Bertz CT molecular complexity index is 154. The normalized spacial score (nSPS) is 11.5. The molecule has 0 aromatic heterocycles. The highest BCUT2D eigenvalue weighted by Gasteiger charge is 1.78. The second-order valence-corrected chi connectivity index (χ2v) is 2.51. The summed E-state index contributed by atoms with van der Waals surface area (Å²) in [5.41, 5.74) is 0. The lowest BCUT2D eigenvalue weighted by molar-refractivity contribution is -0.112. The Morgan fingerprint density at radius 1 is 1.27 bits per heavy atom. The number of rotatable bonds is 5. The second-order valence-electron chi connectivity index (χ2n) is 2.51. The van der Waals surface area contributed by atoms with E-state index in [4.69, 9.17) is 0 Å². The molecule has 0 N–H and O–H groups in total. The fraction of sp³-hybridized carbons (Fsp3) is 0.500. The highest BCUT2D eigenvalue weighted by Crippen LogP contribution is 1.92. The van der Waals surface area contributed by atoms with Crippen LogP contribution in [0.5, 0.6) is 0 Å². The minimum atomic E-state index is 0.119. The molecule has 0 saturated carbocycles. The second kappa shape index (κ2) is 7.26. The van der Waals surface area contributed by atoms with Gasteiger partial charge in [0.2, 0.25) is 0 Å². The SMILES string of the molecule is CCCC=CCC=CC(C)=O. The number of unbranched alkanes of at least 4 members (excludes halogenated alkanes) is 1.